The van der Waals surface area contributed by atoms with Crippen molar-refractivity contribution in [1.29, 1.82) is 0 Å². The molecule has 0 amide bonds. The molecule has 0 bridgehead atoms. The third-order valence-electron chi connectivity index (χ3n) is 4.71. The number of hydrogen-bond acceptors (Lipinski definition) is 3. The fourth-order valence-electron chi connectivity index (χ4n) is 3.78. The average molecular weight is 267 g/mol. The second-order valence-corrected chi connectivity index (χ2v) is 5.98. The van der Waals surface area contributed by atoms with E-state index in [-0.39, 0.29) is 5.92 Å². The summed E-state index contributed by atoms with van der Waals surface area (Å²) in [6.45, 7) is 0. The van der Waals surface area contributed by atoms with Crippen LogP contribution >= 0.6 is 0 Å². The van der Waals surface area contributed by atoms with Crippen LogP contribution in [-0.2, 0) is 24.7 Å². The minimum Gasteiger partial charge on any atom is -0.299 e. The molecule has 1 heterocycles. The highest BCUT2D eigenvalue weighted by molar-refractivity contribution is 5.87. The van der Waals surface area contributed by atoms with Gasteiger partial charge in [0.2, 0.25) is 0 Å². The first-order valence-corrected chi connectivity index (χ1v) is 7.20. The van der Waals surface area contributed by atoms with Gasteiger partial charge in [0.15, 0.2) is 0 Å². The van der Waals surface area contributed by atoms with E-state index in [0.29, 0.717) is 24.0 Å². The summed E-state index contributed by atoms with van der Waals surface area (Å²) in [6, 6.07) is 8.58. The zero-order valence-electron chi connectivity index (χ0n) is 11.5. The SMILES string of the molecule is Cn1cc(CC(=O)C2C3CCc4ccccc4C32)nn1. The third kappa shape index (κ3) is 1.79. The van der Waals surface area contributed by atoms with Crippen molar-refractivity contribution in [3.05, 3.63) is 47.3 Å². The van der Waals surface area contributed by atoms with E-state index in [2.05, 4.69) is 34.6 Å². The van der Waals surface area contributed by atoms with Gasteiger partial charge < -0.3 is 0 Å². The lowest BCUT2D eigenvalue weighted by molar-refractivity contribution is -0.120. The predicted octanol–water partition coefficient (Wildman–Crippen LogP) is 1.90. The van der Waals surface area contributed by atoms with E-state index in [9.17, 15) is 4.79 Å². The molecule has 1 fully saturated rings. The maximum absolute atomic E-state index is 12.5. The van der Waals surface area contributed by atoms with Crippen LogP contribution in [0.3, 0.4) is 0 Å². The summed E-state index contributed by atoms with van der Waals surface area (Å²) >= 11 is 0. The number of nitrogens with zero attached hydrogens (tertiary/aromatic N) is 3. The second kappa shape index (κ2) is 4.27. The van der Waals surface area contributed by atoms with Crippen molar-refractivity contribution < 1.29 is 4.79 Å². The molecule has 1 aromatic heterocycles. The number of carbonyl (C=O) groups excluding carboxylic acids is 1. The fourth-order valence-corrected chi connectivity index (χ4v) is 3.78. The van der Waals surface area contributed by atoms with Crippen LogP contribution in [0.2, 0.25) is 0 Å². The minimum absolute atomic E-state index is 0.209. The zero-order chi connectivity index (χ0) is 13.7. The molecule has 3 unspecified atom stereocenters. The highest BCUT2D eigenvalue weighted by Crippen LogP contribution is 2.60. The van der Waals surface area contributed by atoms with E-state index in [0.717, 1.165) is 18.5 Å². The van der Waals surface area contributed by atoms with Gasteiger partial charge in [-0.25, -0.2) is 0 Å². The molecule has 0 aliphatic heterocycles. The van der Waals surface area contributed by atoms with Gasteiger partial charge in [-0.1, -0.05) is 29.5 Å². The number of aromatic nitrogens is 3. The van der Waals surface area contributed by atoms with Crippen LogP contribution in [0.15, 0.2) is 30.5 Å². The number of benzene rings is 1. The second-order valence-electron chi connectivity index (χ2n) is 5.98. The number of fused-ring (bicyclic) bond motifs is 3. The van der Waals surface area contributed by atoms with Crippen LogP contribution < -0.4 is 0 Å². The van der Waals surface area contributed by atoms with E-state index in [1.54, 1.807) is 4.68 Å². The molecule has 3 atom stereocenters. The molecular formula is C16H17N3O. The Morgan fingerprint density at radius 2 is 2.25 bits per heavy atom. The molecule has 2 aliphatic carbocycles. The largest absolute Gasteiger partial charge is 0.299 e. The summed E-state index contributed by atoms with van der Waals surface area (Å²) in [5.41, 5.74) is 3.62. The maximum atomic E-state index is 12.5. The van der Waals surface area contributed by atoms with Gasteiger partial charge in [-0.15, -0.1) is 5.10 Å². The van der Waals surface area contributed by atoms with Crippen LogP contribution in [0.25, 0.3) is 0 Å². The molecule has 4 nitrogen and oxygen atoms in total. The van der Waals surface area contributed by atoms with Crippen molar-refractivity contribution >= 4 is 5.78 Å². The summed E-state index contributed by atoms with van der Waals surface area (Å²) in [4.78, 5) is 12.5. The van der Waals surface area contributed by atoms with Gasteiger partial charge in [0.1, 0.15) is 5.78 Å². The van der Waals surface area contributed by atoms with Crippen molar-refractivity contribution in [3.8, 4) is 0 Å². The molecule has 0 radical (unpaired) electrons. The molecule has 2 aliphatic rings. The van der Waals surface area contributed by atoms with Gasteiger partial charge in [0.05, 0.1) is 12.1 Å². The monoisotopic (exact) mass is 267 g/mol. The maximum Gasteiger partial charge on any atom is 0.142 e. The van der Waals surface area contributed by atoms with Crippen LogP contribution in [0.5, 0.6) is 0 Å². The summed E-state index contributed by atoms with van der Waals surface area (Å²) in [5, 5.41) is 7.91. The normalized spacial score (nSPS) is 26.8. The van der Waals surface area contributed by atoms with Crippen LogP contribution in [-0.4, -0.2) is 20.8 Å². The molecule has 4 heteroatoms. The molecule has 20 heavy (non-hydrogen) atoms. The van der Waals surface area contributed by atoms with Gasteiger partial charge in [-0.05, 0) is 35.8 Å². The third-order valence-corrected chi connectivity index (χ3v) is 4.71. The Hall–Kier alpha value is -1.97. The van der Waals surface area contributed by atoms with E-state index in [4.69, 9.17) is 0 Å². The van der Waals surface area contributed by atoms with Crippen molar-refractivity contribution in [2.45, 2.75) is 25.2 Å². The van der Waals surface area contributed by atoms with Crippen molar-refractivity contribution in [2.24, 2.45) is 18.9 Å². The number of Topliss-reactive ketones (excluding diaryl/α,β-unsaturated/α-hetero) is 1. The molecule has 0 N–H and O–H groups in total. The fraction of sp³-hybridized carbons (Fsp3) is 0.438. The number of ketones is 1. The first-order valence-electron chi connectivity index (χ1n) is 7.20. The summed E-state index contributed by atoms with van der Waals surface area (Å²) in [7, 11) is 1.83. The van der Waals surface area contributed by atoms with Gasteiger partial charge in [-0.2, -0.15) is 0 Å². The Bertz CT molecular complexity index is 676. The van der Waals surface area contributed by atoms with Gasteiger partial charge in [-0.3, -0.25) is 9.48 Å². The smallest absolute Gasteiger partial charge is 0.142 e. The Kier molecular flexibility index (Phi) is 2.52. The molecule has 0 spiro atoms. The molecule has 102 valence electrons. The van der Waals surface area contributed by atoms with Gasteiger partial charge >= 0.3 is 0 Å². The zero-order valence-corrected chi connectivity index (χ0v) is 11.5. The summed E-state index contributed by atoms with van der Waals surface area (Å²) in [5.74, 6) is 1.57. The lowest BCUT2D eigenvalue weighted by Crippen LogP contribution is -2.07. The Labute approximate surface area is 117 Å². The first-order chi connectivity index (χ1) is 9.74. The molecule has 2 aromatic rings. The van der Waals surface area contributed by atoms with E-state index in [1.165, 1.54) is 11.1 Å². The molecule has 0 saturated heterocycles. The Morgan fingerprint density at radius 1 is 1.40 bits per heavy atom. The van der Waals surface area contributed by atoms with E-state index >= 15 is 0 Å². The van der Waals surface area contributed by atoms with Crippen molar-refractivity contribution in [2.75, 3.05) is 0 Å². The van der Waals surface area contributed by atoms with Gasteiger partial charge in [0, 0.05) is 19.2 Å². The number of aryl methyl sites for hydroxylation is 2. The van der Waals surface area contributed by atoms with Crippen LogP contribution in [0, 0.1) is 11.8 Å². The van der Waals surface area contributed by atoms with E-state index in [1.807, 2.05) is 13.2 Å². The quantitative estimate of drug-likeness (QED) is 0.853. The Balaban J connectivity index is 1.53. The number of carbonyl (C=O) groups is 1. The lowest BCUT2D eigenvalue weighted by atomic mass is 9.92. The average Bonchev–Trinajstić information content (AvgIpc) is 3.08. The molecule has 4 rings (SSSR count). The van der Waals surface area contributed by atoms with Crippen molar-refractivity contribution in [1.82, 2.24) is 15.0 Å². The number of rotatable bonds is 3. The minimum atomic E-state index is 0.209. The summed E-state index contributed by atoms with van der Waals surface area (Å²) < 4.78 is 1.65. The standard InChI is InChI=1S/C16H17N3O/c1-19-9-11(17-18-19)8-14(20)16-13-7-6-10-4-2-3-5-12(10)15(13)16/h2-5,9,13,15-16H,6-8H2,1H3. The predicted molar refractivity (Wildman–Crippen MR) is 74.2 cm³/mol. The Morgan fingerprint density at radius 3 is 3.05 bits per heavy atom. The topological polar surface area (TPSA) is 47.8 Å². The van der Waals surface area contributed by atoms with Gasteiger partial charge in [0.25, 0.3) is 0 Å². The highest BCUT2D eigenvalue weighted by Gasteiger charge is 2.56. The van der Waals surface area contributed by atoms with Crippen LogP contribution in [0.1, 0.15) is 29.2 Å². The van der Waals surface area contributed by atoms with E-state index < -0.39 is 0 Å². The van der Waals surface area contributed by atoms with Crippen LogP contribution in [0.4, 0.5) is 0 Å². The molecular weight excluding hydrogens is 250 g/mol. The number of hydrogen-bond donors (Lipinski definition) is 0. The highest BCUT2D eigenvalue weighted by atomic mass is 16.1. The molecule has 1 aromatic carbocycles. The molecule has 1 saturated carbocycles. The first kappa shape index (κ1) is 11.8. The summed E-state index contributed by atoms with van der Waals surface area (Å²) in [6.07, 6.45) is 4.52. The van der Waals surface area contributed by atoms with Crippen molar-refractivity contribution in [3.63, 3.8) is 0 Å². The lowest BCUT2D eigenvalue weighted by Gasteiger charge is -2.13.